The van der Waals surface area contributed by atoms with Crippen molar-refractivity contribution in [3.8, 4) is 11.1 Å². The lowest BCUT2D eigenvalue weighted by molar-refractivity contribution is -0.116. The molecular formula is C20H24N2O. The molecule has 2 aromatic carbocycles. The normalized spacial score (nSPS) is 14.7. The van der Waals surface area contributed by atoms with Crippen LogP contribution >= 0.6 is 0 Å². The van der Waals surface area contributed by atoms with E-state index in [2.05, 4.69) is 54.7 Å². The first-order valence-electron chi connectivity index (χ1n) is 8.26. The highest BCUT2D eigenvalue weighted by atomic mass is 16.2. The number of anilines is 1. The molecule has 0 radical (unpaired) electrons. The summed E-state index contributed by atoms with van der Waals surface area (Å²) in [6.45, 7) is 4.62. The first kappa shape index (κ1) is 15.8. The molecule has 0 aromatic heterocycles. The van der Waals surface area contributed by atoms with Crippen LogP contribution in [-0.2, 0) is 17.6 Å². The van der Waals surface area contributed by atoms with Crippen LogP contribution < -0.4 is 10.2 Å². The minimum atomic E-state index is 0.125. The number of fused-ring (bicyclic) bond motifs is 1. The minimum Gasteiger partial charge on any atom is -0.317 e. The monoisotopic (exact) mass is 308 g/mol. The van der Waals surface area contributed by atoms with Crippen molar-refractivity contribution in [3.63, 3.8) is 0 Å². The third kappa shape index (κ3) is 3.30. The summed E-state index contributed by atoms with van der Waals surface area (Å²) in [6.07, 6.45) is 1.98. The maximum absolute atomic E-state index is 11.6. The Kier molecular flexibility index (Phi) is 4.49. The van der Waals surface area contributed by atoms with Crippen LogP contribution in [-0.4, -0.2) is 25.5 Å². The molecule has 23 heavy (non-hydrogen) atoms. The summed E-state index contributed by atoms with van der Waals surface area (Å²) >= 11 is 0. The van der Waals surface area contributed by atoms with Crippen molar-refractivity contribution >= 4 is 11.6 Å². The van der Waals surface area contributed by atoms with Gasteiger partial charge in [-0.25, -0.2) is 0 Å². The van der Waals surface area contributed by atoms with Gasteiger partial charge in [0.25, 0.3) is 0 Å². The first-order chi connectivity index (χ1) is 11.1. The average Bonchev–Trinajstić information content (AvgIpc) is 2.98. The summed E-state index contributed by atoms with van der Waals surface area (Å²) in [5, 5.41) is 3.27. The van der Waals surface area contributed by atoms with Gasteiger partial charge in [-0.15, -0.1) is 0 Å². The molecule has 0 bridgehead atoms. The fourth-order valence-corrected chi connectivity index (χ4v) is 3.20. The Morgan fingerprint density at radius 2 is 1.87 bits per heavy atom. The molecule has 1 heterocycles. The van der Waals surface area contributed by atoms with Crippen molar-refractivity contribution in [2.75, 3.05) is 18.5 Å². The van der Waals surface area contributed by atoms with Crippen LogP contribution in [0.1, 0.15) is 25.0 Å². The molecule has 1 N–H and O–H groups in total. The lowest BCUT2D eigenvalue weighted by atomic mass is 9.99. The molecule has 0 saturated carbocycles. The molecule has 0 fully saturated rings. The summed E-state index contributed by atoms with van der Waals surface area (Å²) in [4.78, 5) is 13.5. The molecule has 120 valence electrons. The highest BCUT2D eigenvalue weighted by Crippen LogP contribution is 2.32. The summed E-state index contributed by atoms with van der Waals surface area (Å²) in [7, 11) is 1.99. The molecule has 2 aromatic rings. The van der Waals surface area contributed by atoms with Crippen molar-refractivity contribution < 1.29 is 4.79 Å². The van der Waals surface area contributed by atoms with E-state index in [1.807, 2.05) is 11.9 Å². The summed E-state index contributed by atoms with van der Waals surface area (Å²) < 4.78 is 0. The van der Waals surface area contributed by atoms with Crippen LogP contribution in [0.2, 0.25) is 0 Å². The summed E-state index contributed by atoms with van der Waals surface area (Å²) in [6, 6.07) is 15.7. The predicted octanol–water partition coefficient (Wildman–Crippen LogP) is 3.41. The molecule has 1 amide bonds. The number of carbonyl (C=O) groups excluding carboxylic acids is 1. The van der Waals surface area contributed by atoms with Gasteiger partial charge in [0, 0.05) is 25.2 Å². The van der Waals surface area contributed by atoms with E-state index < -0.39 is 0 Å². The fourth-order valence-electron chi connectivity index (χ4n) is 3.20. The Bertz CT molecular complexity index is 706. The van der Waals surface area contributed by atoms with Gasteiger partial charge in [-0.3, -0.25) is 4.79 Å². The van der Waals surface area contributed by atoms with E-state index in [1.165, 1.54) is 22.3 Å². The second-order valence-electron chi connectivity index (χ2n) is 6.35. The topological polar surface area (TPSA) is 32.3 Å². The molecule has 3 rings (SSSR count). The number of likely N-dealkylation sites (N-methyl/N-ethyl adjacent to an activating group) is 1. The number of nitrogens with one attached hydrogen (secondary N) is 1. The largest absolute Gasteiger partial charge is 0.317 e. The van der Waals surface area contributed by atoms with Crippen LogP contribution in [0.25, 0.3) is 11.1 Å². The van der Waals surface area contributed by atoms with E-state index >= 15 is 0 Å². The van der Waals surface area contributed by atoms with E-state index in [4.69, 9.17) is 0 Å². The highest BCUT2D eigenvalue weighted by molar-refractivity contribution is 5.94. The molecule has 0 saturated heterocycles. The van der Waals surface area contributed by atoms with Crippen molar-refractivity contribution in [1.29, 1.82) is 0 Å². The third-order valence-electron chi connectivity index (χ3n) is 4.68. The Morgan fingerprint density at radius 1 is 1.17 bits per heavy atom. The smallest absolute Gasteiger partial charge is 0.223 e. The minimum absolute atomic E-state index is 0.125. The summed E-state index contributed by atoms with van der Waals surface area (Å²) in [5.74, 6) is 0.125. The van der Waals surface area contributed by atoms with Crippen LogP contribution in [0, 0.1) is 0 Å². The third-order valence-corrected chi connectivity index (χ3v) is 4.68. The second kappa shape index (κ2) is 6.55. The van der Waals surface area contributed by atoms with Gasteiger partial charge >= 0.3 is 0 Å². The number of nitrogens with zero attached hydrogens (tertiary/aromatic N) is 1. The van der Waals surface area contributed by atoms with E-state index in [9.17, 15) is 4.79 Å². The zero-order valence-corrected chi connectivity index (χ0v) is 14.1. The van der Waals surface area contributed by atoms with Gasteiger partial charge in [-0.05, 0) is 61.2 Å². The average molecular weight is 308 g/mol. The van der Waals surface area contributed by atoms with Gasteiger partial charge in [0.15, 0.2) is 0 Å². The molecule has 3 nitrogen and oxygen atoms in total. The Morgan fingerprint density at radius 3 is 2.52 bits per heavy atom. The molecule has 0 aliphatic carbocycles. The number of amides is 1. The van der Waals surface area contributed by atoms with Gasteiger partial charge < -0.3 is 10.2 Å². The van der Waals surface area contributed by atoms with E-state index in [-0.39, 0.29) is 5.91 Å². The Hall–Kier alpha value is -2.13. The highest BCUT2D eigenvalue weighted by Gasteiger charge is 2.22. The fraction of sp³-hybridized carbons (Fsp3) is 0.350. The Balaban J connectivity index is 1.82. The molecular weight excluding hydrogens is 284 g/mol. The van der Waals surface area contributed by atoms with Gasteiger partial charge in [0.1, 0.15) is 0 Å². The second-order valence-corrected chi connectivity index (χ2v) is 6.35. The quantitative estimate of drug-likeness (QED) is 0.939. The van der Waals surface area contributed by atoms with Crippen LogP contribution in [0.15, 0.2) is 42.5 Å². The van der Waals surface area contributed by atoms with Crippen molar-refractivity contribution in [2.45, 2.75) is 32.7 Å². The molecule has 1 aliphatic rings. The van der Waals surface area contributed by atoms with Crippen molar-refractivity contribution in [3.05, 3.63) is 53.6 Å². The van der Waals surface area contributed by atoms with Crippen molar-refractivity contribution in [2.24, 2.45) is 0 Å². The van der Waals surface area contributed by atoms with Crippen molar-refractivity contribution in [1.82, 2.24) is 5.32 Å². The summed E-state index contributed by atoms with van der Waals surface area (Å²) in [5.41, 5.74) is 6.14. The number of benzene rings is 2. The predicted molar refractivity (Wildman–Crippen MR) is 95.8 cm³/mol. The van der Waals surface area contributed by atoms with Gasteiger partial charge in [0.2, 0.25) is 5.91 Å². The van der Waals surface area contributed by atoms with Gasteiger partial charge in [0.05, 0.1) is 0 Å². The number of hydrogen-bond acceptors (Lipinski definition) is 2. The molecule has 1 aliphatic heterocycles. The lowest BCUT2D eigenvalue weighted by Gasteiger charge is -2.15. The van der Waals surface area contributed by atoms with E-state index in [0.29, 0.717) is 6.04 Å². The van der Waals surface area contributed by atoms with Crippen LogP contribution in [0.3, 0.4) is 0 Å². The lowest BCUT2D eigenvalue weighted by Crippen LogP contribution is -2.25. The van der Waals surface area contributed by atoms with Crippen LogP contribution in [0.5, 0.6) is 0 Å². The standard InChI is InChI=1S/C20H24N2O/c1-14(21-3)12-16-4-6-17(7-5-16)18-8-9-20-19(13-18)10-11-22(20)15(2)23/h4-9,13-14,21H,10-12H2,1-3H3. The molecule has 0 spiro atoms. The number of hydrogen-bond donors (Lipinski definition) is 1. The van der Waals surface area contributed by atoms with Gasteiger partial charge in [-0.1, -0.05) is 30.3 Å². The zero-order chi connectivity index (χ0) is 16.4. The van der Waals surface area contributed by atoms with Crippen LogP contribution in [0.4, 0.5) is 5.69 Å². The molecule has 1 unspecified atom stereocenters. The first-order valence-corrected chi connectivity index (χ1v) is 8.26. The van der Waals surface area contributed by atoms with Gasteiger partial charge in [-0.2, -0.15) is 0 Å². The number of carbonyl (C=O) groups is 1. The molecule has 3 heteroatoms. The maximum atomic E-state index is 11.6. The molecule has 1 atom stereocenters. The zero-order valence-electron chi connectivity index (χ0n) is 14.1. The Labute approximate surface area is 138 Å². The SMILES string of the molecule is CNC(C)Cc1ccc(-c2ccc3c(c2)CCN3C(C)=O)cc1. The maximum Gasteiger partial charge on any atom is 0.223 e. The van der Waals surface area contributed by atoms with E-state index in [1.54, 1.807) is 6.92 Å². The number of rotatable bonds is 4. The van der Waals surface area contributed by atoms with E-state index in [0.717, 1.165) is 25.1 Å².